The number of carbonyl (C=O) groups excluding carboxylic acids is 2. The number of thioether (sulfide) groups is 1. The van der Waals surface area contributed by atoms with Crippen LogP contribution in [0, 0.1) is 11.2 Å². The highest BCUT2D eigenvalue weighted by Crippen LogP contribution is 2.43. The predicted octanol–water partition coefficient (Wildman–Crippen LogP) is 3.70. The Kier molecular flexibility index (Phi) is 5.84. The fraction of sp³-hybridized carbons (Fsp3) is 0.619. The summed E-state index contributed by atoms with van der Waals surface area (Å²) in [6, 6.07) is 6.22. The zero-order chi connectivity index (χ0) is 19.7. The summed E-state index contributed by atoms with van der Waals surface area (Å²) in [5.41, 5.74) is 0.885. The molecular weight excluding hydrogens is 363 g/mol. The lowest BCUT2D eigenvalue weighted by Gasteiger charge is -2.43. The zero-order valence-corrected chi connectivity index (χ0v) is 17.2. The number of nitrogens with zero attached hydrogens (tertiary/aromatic N) is 1. The number of amides is 2. The van der Waals surface area contributed by atoms with Gasteiger partial charge in [-0.05, 0) is 36.0 Å². The highest BCUT2D eigenvalue weighted by atomic mass is 32.2. The topological polar surface area (TPSA) is 49.4 Å². The Hall–Kier alpha value is -1.56. The molecule has 0 spiro atoms. The second kappa shape index (κ2) is 7.82. The van der Waals surface area contributed by atoms with Gasteiger partial charge in [0.2, 0.25) is 11.8 Å². The van der Waals surface area contributed by atoms with Crippen molar-refractivity contribution in [1.82, 2.24) is 10.2 Å². The van der Waals surface area contributed by atoms with Gasteiger partial charge in [0.15, 0.2) is 0 Å². The van der Waals surface area contributed by atoms with Crippen LogP contribution in [0.15, 0.2) is 24.3 Å². The molecule has 0 radical (unpaired) electrons. The molecule has 4 nitrogen and oxygen atoms in total. The van der Waals surface area contributed by atoms with Crippen LogP contribution in [0.25, 0.3) is 0 Å². The van der Waals surface area contributed by atoms with Crippen molar-refractivity contribution in [2.45, 2.75) is 57.9 Å². The summed E-state index contributed by atoms with van der Waals surface area (Å²) in [6.07, 6.45) is 3.54. The van der Waals surface area contributed by atoms with Gasteiger partial charge < -0.3 is 10.2 Å². The Labute approximate surface area is 165 Å². The molecule has 1 unspecified atom stereocenters. The summed E-state index contributed by atoms with van der Waals surface area (Å²) in [4.78, 5) is 27.1. The van der Waals surface area contributed by atoms with E-state index in [4.69, 9.17) is 0 Å². The predicted molar refractivity (Wildman–Crippen MR) is 107 cm³/mol. The smallest absolute Gasteiger partial charge is 0.243 e. The van der Waals surface area contributed by atoms with Gasteiger partial charge in [-0.2, -0.15) is 0 Å². The third-order valence-electron chi connectivity index (χ3n) is 5.56. The number of hydrogen-bond donors (Lipinski definition) is 1. The van der Waals surface area contributed by atoms with E-state index in [1.54, 1.807) is 16.7 Å². The van der Waals surface area contributed by atoms with Crippen molar-refractivity contribution in [3.8, 4) is 0 Å². The monoisotopic (exact) mass is 392 g/mol. The van der Waals surface area contributed by atoms with E-state index in [1.807, 2.05) is 32.9 Å². The van der Waals surface area contributed by atoms with Gasteiger partial charge in [-0.3, -0.25) is 9.59 Å². The van der Waals surface area contributed by atoms with Crippen molar-refractivity contribution in [3.63, 3.8) is 0 Å². The fourth-order valence-corrected chi connectivity index (χ4v) is 4.99. The van der Waals surface area contributed by atoms with Crippen LogP contribution in [0.5, 0.6) is 0 Å². The van der Waals surface area contributed by atoms with E-state index in [0.717, 1.165) is 24.8 Å². The molecule has 1 N–H and O–H groups in total. The number of benzene rings is 1. The van der Waals surface area contributed by atoms with Crippen LogP contribution < -0.4 is 5.32 Å². The molecule has 1 aliphatic heterocycles. The van der Waals surface area contributed by atoms with Gasteiger partial charge in [-0.1, -0.05) is 39.3 Å². The van der Waals surface area contributed by atoms with Crippen LogP contribution in [0.2, 0.25) is 0 Å². The van der Waals surface area contributed by atoms with Gasteiger partial charge >= 0.3 is 0 Å². The molecular formula is C21H29FN2O2S. The Morgan fingerprint density at radius 1 is 1.26 bits per heavy atom. The summed E-state index contributed by atoms with van der Waals surface area (Å²) in [7, 11) is 0. The molecule has 1 aromatic carbocycles. The average Bonchev–Trinajstić information content (AvgIpc) is 3.03. The molecule has 1 saturated heterocycles. The summed E-state index contributed by atoms with van der Waals surface area (Å²) >= 11 is 1.63. The van der Waals surface area contributed by atoms with E-state index in [-0.39, 0.29) is 28.5 Å². The molecule has 2 amide bonds. The van der Waals surface area contributed by atoms with Gasteiger partial charge in [0, 0.05) is 24.1 Å². The van der Waals surface area contributed by atoms with Crippen molar-refractivity contribution < 1.29 is 14.0 Å². The lowest BCUT2D eigenvalue weighted by molar-refractivity contribution is -0.139. The molecule has 1 aromatic rings. The first-order valence-electron chi connectivity index (χ1n) is 9.61. The van der Waals surface area contributed by atoms with Crippen LogP contribution in [-0.2, 0) is 15.0 Å². The second-order valence-corrected chi connectivity index (χ2v) is 9.98. The Bertz CT molecular complexity index is 695. The highest BCUT2D eigenvalue weighted by Gasteiger charge is 2.41. The third kappa shape index (κ3) is 4.65. The van der Waals surface area contributed by atoms with Crippen LogP contribution in [0.4, 0.5) is 4.39 Å². The SMILES string of the molecule is CC(C)(C)CC(=O)N1CSCC1C(=O)NCC1(c2ccc(F)cc2)CCC1. The van der Waals surface area contributed by atoms with Crippen molar-refractivity contribution in [2.24, 2.45) is 5.41 Å². The van der Waals surface area contributed by atoms with Gasteiger partial charge in [0.05, 0.1) is 5.88 Å². The van der Waals surface area contributed by atoms with E-state index >= 15 is 0 Å². The quantitative estimate of drug-likeness (QED) is 0.831. The Morgan fingerprint density at radius 3 is 2.48 bits per heavy atom. The van der Waals surface area contributed by atoms with Crippen LogP contribution in [0.1, 0.15) is 52.0 Å². The number of carbonyl (C=O) groups is 2. The first-order chi connectivity index (χ1) is 12.7. The third-order valence-corrected chi connectivity index (χ3v) is 6.57. The summed E-state index contributed by atoms with van der Waals surface area (Å²) in [5, 5.41) is 3.09. The Morgan fingerprint density at radius 2 is 1.93 bits per heavy atom. The van der Waals surface area contributed by atoms with Gasteiger partial charge in [-0.15, -0.1) is 11.8 Å². The normalized spacial score (nSPS) is 21.6. The van der Waals surface area contributed by atoms with Crippen LogP contribution >= 0.6 is 11.8 Å². The molecule has 2 aliphatic rings. The van der Waals surface area contributed by atoms with E-state index in [1.165, 1.54) is 12.1 Å². The number of rotatable bonds is 5. The summed E-state index contributed by atoms with van der Waals surface area (Å²) in [5.74, 6) is 0.954. The van der Waals surface area contributed by atoms with Crippen LogP contribution in [0.3, 0.4) is 0 Å². The van der Waals surface area contributed by atoms with Crippen molar-refractivity contribution in [1.29, 1.82) is 0 Å². The molecule has 148 valence electrons. The van der Waals surface area contributed by atoms with Gasteiger partial charge in [0.1, 0.15) is 11.9 Å². The second-order valence-electron chi connectivity index (χ2n) is 8.98. The van der Waals surface area contributed by atoms with Crippen molar-refractivity contribution in [2.75, 3.05) is 18.2 Å². The molecule has 0 bridgehead atoms. The largest absolute Gasteiger partial charge is 0.353 e. The summed E-state index contributed by atoms with van der Waals surface area (Å²) in [6.45, 7) is 6.64. The van der Waals surface area contributed by atoms with E-state index in [2.05, 4.69) is 5.32 Å². The van der Waals surface area contributed by atoms with Gasteiger partial charge in [0.25, 0.3) is 0 Å². The average molecular weight is 393 g/mol. The maximum Gasteiger partial charge on any atom is 0.243 e. The zero-order valence-electron chi connectivity index (χ0n) is 16.4. The summed E-state index contributed by atoms with van der Waals surface area (Å²) < 4.78 is 13.2. The standard InChI is InChI=1S/C21H29FN2O2S/c1-20(2,3)11-18(25)24-14-27-12-17(24)19(26)23-13-21(9-4-10-21)15-5-7-16(22)8-6-15/h5-8,17H,4,9-14H2,1-3H3,(H,23,26). The fourth-order valence-electron chi connectivity index (χ4n) is 3.81. The molecule has 27 heavy (non-hydrogen) atoms. The number of nitrogens with one attached hydrogen (secondary N) is 1. The van der Waals surface area contributed by atoms with E-state index < -0.39 is 6.04 Å². The molecule has 1 aliphatic carbocycles. The van der Waals surface area contributed by atoms with E-state index in [9.17, 15) is 14.0 Å². The molecule has 3 rings (SSSR count). The van der Waals surface area contributed by atoms with Crippen molar-refractivity contribution >= 4 is 23.6 Å². The molecule has 0 aromatic heterocycles. The minimum absolute atomic E-state index is 0.0459. The minimum atomic E-state index is -0.393. The maximum atomic E-state index is 13.2. The first kappa shape index (κ1) is 20.2. The molecule has 1 atom stereocenters. The lowest BCUT2D eigenvalue weighted by atomic mass is 9.64. The van der Waals surface area contributed by atoms with Crippen molar-refractivity contribution in [3.05, 3.63) is 35.6 Å². The number of halogens is 1. The van der Waals surface area contributed by atoms with Gasteiger partial charge in [-0.25, -0.2) is 4.39 Å². The minimum Gasteiger partial charge on any atom is -0.353 e. The van der Waals surface area contributed by atoms with E-state index in [0.29, 0.717) is 24.6 Å². The first-order valence-corrected chi connectivity index (χ1v) is 10.8. The highest BCUT2D eigenvalue weighted by molar-refractivity contribution is 7.99. The Balaban J connectivity index is 1.62. The molecule has 1 heterocycles. The lowest BCUT2D eigenvalue weighted by Crippen LogP contribution is -2.52. The molecule has 2 fully saturated rings. The van der Waals surface area contributed by atoms with Crippen LogP contribution in [-0.4, -0.2) is 40.9 Å². The molecule has 6 heteroatoms. The number of hydrogen-bond acceptors (Lipinski definition) is 3. The molecule has 1 saturated carbocycles. The maximum absolute atomic E-state index is 13.2.